The quantitative estimate of drug-likeness (QED) is 0.0519. The lowest BCUT2D eigenvalue weighted by molar-refractivity contribution is -0.870. The first-order valence-electron chi connectivity index (χ1n) is 16.0. The van der Waals surface area contributed by atoms with E-state index in [0.29, 0.717) is 19.3 Å². The van der Waals surface area contributed by atoms with Gasteiger partial charge in [-0.2, -0.15) is 0 Å². The van der Waals surface area contributed by atoms with Crippen LogP contribution in [-0.4, -0.2) is 51.2 Å². The second-order valence-electron chi connectivity index (χ2n) is 12.4. The molecule has 0 saturated heterocycles. The van der Waals surface area contributed by atoms with E-state index in [1.54, 1.807) is 0 Å². The summed E-state index contributed by atoms with van der Waals surface area (Å²) in [6.45, 7) is 5.13. The van der Waals surface area contributed by atoms with Gasteiger partial charge in [0, 0.05) is 19.3 Å². The Bertz CT molecular complexity index is 593. The van der Waals surface area contributed by atoms with Crippen molar-refractivity contribution < 1.29 is 27.8 Å². The predicted octanol–water partition coefficient (Wildman–Crippen LogP) is 8.61. The summed E-state index contributed by atoms with van der Waals surface area (Å²) in [6, 6.07) is 0. The molecule has 0 aliphatic carbocycles. The molecule has 2 unspecified atom stereocenters. The van der Waals surface area contributed by atoms with Gasteiger partial charge >= 0.3 is 0 Å². The van der Waals surface area contributed by atoms with Crippen molar-refractivity contribution in [2.75, 3.05) is 40.9 Å². The Balaban J connectivity index is 3.85. The maximum atomic E-state index is 12.1. The van der Waals surface area contributed by atoms with Crippen LogP contribution in [0.5, 0.6) is 0 Å². The number of hydrogen-bond acceptors (Lipinski definition) is 5. The van der Waals surface area contributed by atoms with Crippen molar-refractivity contribution in [2.24, 2.45) is 5.92 Å². The molecule has 7 heteroatoms. The Hall–Kier alpha value is -0.260. The fourth-order valence-electron chi connectivity index (χ4n) is 4.82. The summed E-state index contributed by atoms with van der Waals surface area (Å²) in [5.41, 5.74) is 0. The van der Waals surface area contributed by atoms with Crippen molar-refractivity contribution in [1.29, 1.82) is 0 Å². The van der Waals surface area contributed by atoms with Crippen molar-refractivity contribution in [3.8, 4) is 0 Å². The third kappa shape index (κ3) is 27.3. The molecule has 0 bridgehead atoms. The molecule has 0 heterocycles. The molecule has 0 radical (unpaired) electrons. The molecule has 0 aromatic heterocycles. The molecule has 0 amide bonds. The lowest BCUT2D eigenvalue weighted by Gasteiger charge is -2.27. The predicted molar refractivity (Wildman–Crippen MR) is 159 cm³/mol. The number of quaternary nitrogens is 1. The Labute approximate surface area is 236 Å². The number of Topliss-reactive ketones (excluding diaryl/α,β-unsaturated/α-hetero) is 1. The highest BCUT2D eigenvalue weighted by atomic mass is 31.2. The smallest absolute Gasteiger partial charge is 0.267 e. The van der Waals surface area contributed by atoms with E-state index < -0.39 is 7.82 Å². The maximum Gasteiger partial charge on any atom is 0.267 e. The Kier molecular flexibility index (Phi) is 24.4. The van der Waals surface area contributed by atoms with Gasteiger partial charge in [-0.25, -0.2) is 0 Å². The lowest BCUT2D eigenvalue weighted by Crippen LogP contribution is -2.35. The molecule has 0 N–H and O–H groups in total. The third-order valence-corrected chi connectivity index (χ3v) is 8.28. The SMILES string of the molecule is CCCCCCCCCCCCCCCCCCCC(COP(=O)([O-])OCCC[N+](C)(C)C)CC(=O)CC. The van der Waals surface area contributed by atoms with Crippen LogP contribution in [0.15, 0.2) is 0 Å². The molecule has 0 rings (SSSR count). The number of carbonyl (C=O) groups excluding carboxylic acids is 1. The van der Waals surface area contributed by atoms with Crippen LogP contribution in [0.3, 0.4) is 0 Å². The van der Waals surface area contributed by atoms with Gasteiger partial charge in [-0.1, -0.05) is 123 Å². The van der Waals surface area contributed by atoms with E-state index in [0.717, 1.165) is 30.3 Å². The number of phosphoric acid groups is 1. The van der Waals surface area contributed by atoms with E-state index >= 15 is 0 Å². The maximum absolute atomic E-state index is 12.1. The van der Waals surface area contributed by atoms with Crippen LogP contribution in [0.2, 0.25) is 0 Å². The van der Waals surface area contributed by atoms with Gasteiger partial charge in [-0.15, -0.1) is 0 Å². The molecule has 0 fully saturated rings. The van der Waals surface area contributed by atoms with Crippen LogP contribution in [0.4, 0.5) is 0 Å². The Morgan fingerprint density at radius 2 is 1.16 bits per heavy atom. The monoisotopic (exact) mass is 561 g/mol. The van der Waals surface area contributed by atoms with Gasteiger partial charge < -0.3 is 18.4 Å². The zero-order valence-electron chi connectivity index (χ0n) is 26.0. The third-order valence-electron chi connectivity index (χ3n) is 7.32. The number of nitrogens with zero attached hydrogens (tertiary/aromatic N) is 1. The molecule has 0 spiro atoms. The van der Waals surface area contributed by atoms with Gasteiger partial charge in [0.2, 0.25) is 0 Å². The van der Waals surface area contributed by atoms with Crippen molar-refractivity contribution in [1.82, 2.24) is 0 Å². The first-order valence-corrected chi connectivity index (χ1v) is 17.5. The minimum atomic E-state index is -4.33. The highest BCUT2D eigenvalue weighted by molar-refractivity contribution is 7.45. The average Bonchev–Trinajstić information content (AvgIpc) is 2.86. The Morgan fingerprint density at radius 1 is 0.711 bits per heavy atom. The van der Waals surface area contributed by atoms with E-state index in [4.69, 9.17) is 9.05 Å². The largest absolute Gasteiger partial charge is 0.756 e. The van der Waals surface area contributed by atoms with E-state index in [9.17, 15) is 14.3 Å². The van der Waals surface area contributed by atoms with E-state index in [1.807, 2.05) is 6.92 Å². The lowest BCUT2D eigenvalue weighted by atomic mass is 9.95. The molecule has 0 aliphatic heterocycles. The highest BCUT2D eigenvalue weighted by Gasteiger charge is 2.18. The van der Waals surface area contributed by atoms with E-state index in [2.05, 4.69) is 28.1 Å². The molecular formula is C31H64NO5P. The second-order valence-corrected chi connectivity index (χ2v) is 13.8. The molecule has 228 valence electrons. The Morgan fingerprint density at radius 3 is 1.58 bits per heavy atom. The molecule has 0 aromatic rings. The van der Waals surface area contributed by atoms with Crippen molar-refractivity contribution >= 4 is 13.6 Å². The molecule has 0 aliphatic rings. The molecule has 38 heavy (non-hydrogen) atoms. The average molecular weight is 562 g/mol. The standard InChI is InChI=1S/C31H64NO5P/c1-6-8-9-10-11-12-13-14-15-16-17-18-19-20-21-22-23-25-30(28-31(33)7-2)29-37-38(34,35)36-27-24-26-32(3,4)5/h30H,6-29H2,1-5H3. The summed E-state index contributed by atoms with van der Waals surface area (Å²) >= 11 is 0. The van der Waals surface area contributed by atoms with Crippen LogP contribution < -0.4 is 4.89 Å². The zero-order valence-corrected chi connectivity index (χ0v) is 26.9. The van der Waals surface area contributed by atoms with Crippen LogP contribution >= 0.6 is 7.82 Å². The summed E-state index contributed by atoms with van der Waals surface area (Å²) in [5.74, 6) is 0.103. The van der Waals surface area contributed by atoms with Gasteiger partial charge in [-0.05, 0) is 12.3 Å². The normalized spacial score (nSPS) is 14.5. The molecule has 2 atom stereocenters. The van der Waals surface area contributed by atoms with Gasteiger partial charge in [-0.3, -0.25) is 9.36 Å². The number of unbranched alkanes of at least 4 members (excludes halogenated alkanes) is 16. The molecule has 6 nitrogen and oxygen atoms in total. The first-order chi connectivity index (χ1) is 18.1. The summed E-state index contributed by atoms with van der Waals surface area (Å²) in [7, 11) is 1.85. The number of carbonyl (C=O) groups is 1. The van der Waals surface area contributed by atoms with Gasteiger partial charge in [0.05, 0.1) is 40.9 Å². The minimum absolute atomic E-state index is 0.0424. The molecule has 0 aromatic carbocycles. The number of ketones is 1. The minimum Gasteiger partial charge on any atom is -0.756 e. The summed E-state index contributed by atoms with van der Waals surface area (Å²) in [6.07, 6.45) is 25.0. The van der Waals surface area contributed by atoms with Crippen molar-refractivity contribution in [3.05, 3.63) is 0 Å². The highest BCUT2D eigenvalue weighted by Crippen LogP contribution is 2.39. The van der Waals surface area contributed by atoms with Gasteiger partial charge in [0.25, 0.3) is 7.82 Å². The van der Waals surface area contributed by atoms with Gasteiger partial charge in [0.15, 0.2) is 0 Å². The van der Waals surface area contributed by atoms with Crippen molar-refractivity contribution in [3.63, 3.8) is 0 Å². The number of phosphoric ester groups is 1. The van der Waals surface area contributed by atoms with Crippen LogP contribution in [0.1, 0.15) is 149 Å². The van der Waals surface area contributed by atoms with Crippen LogP contribution in [0.25, 0.3) is 0 Å². The fraction of sp³-hybridized carbons (Fsp3) is 0.968. The van der Waals surface area contributed by atoms with Gasteiger partial charge in [0.1, 0.15) is 5.78 Å². The topological polar surface area (TPSA) is 75.7 Å². The van der Waals surface area contributed by atoms with Crippen LogP contribution in [0, 0.1) is 5.92 Å². The van der Waals surface area contributed by atoms with E-state index in [-0.39, 0.29) is 24.9 Å². The molecular weight excluding hydrogens is 497 g/mol. The fourth-order valence-corrected chi connectivity index (χ4v) is 5.64. The number of rotatable bonds is 29. The summed E-state index contributed by atoms with van der Waals surface area (Å²) < 4.78 is 23.1. The van der Waals surface area contributed by atoms with Crippen LogP contribution in [-0.2, 0) is 18.4 Å². The van der Waals surface area contributed by atoms with E-state index in [1.165, 1.54) is 96.3 Å². The summed E-state index contributed by atoms with van der Waals surface area (Å²) in [4.78, 5) is 24.1. The van der Waals surface area contributed by atoms with Crippen molar-refractivity contribution in [2.45, 2.75) is 149 Å². The number of hydrogen-bond donors (Lipinski definition) is 0. The first kappa shape index (κ1) is 37.7. The molecule has 0 saturated carbocycles. The zero-order chi connectivity index (χ0) is 28.5. The second kappa shape index (κ2) is 24.5. The summed E-state index contributed by atoms with van der Waals surface area (Å²) in [5, 5.41) is 0.